The zero-order valence-corrected chi connectivity index (χ0v) is 17.3. The Kier molecular flexibility index (Phi) is 6.89. The average Bonchev–Trinajstić information content (AvgIpc) is 2.74. The molecule has 34 heavy (non-hydrogen) atoms. The van der Waals surface area contributed by atoms with Crippen LogP contribution in [-0.4, -0.2) is 47.3 Å². The van der Waals surface area contributed by atoms with Gasteiger partial charge in [0.1, 0.15) is 11.7 Å². The van der Waals surface area contributed by atoms with Gasteiger partial charge in [-0.05, 0) is 36.2 Å². The molecule has 1 aromatic carbocycles. The maximum atomic E-state index is 13.9. The number of benzene rings is 1. The fourth-order valence-corrected chi connectivity index (χ4v) is 3.27. The molecule has 0 bridgehead atoms. The first-order valence-corrected chi connectivity index (χ1v) is 9.69. The number of carbonyl (C=O) groups is 2. The number of hydrogen-bond acceptors (Lipinski definition) is 4. The Morgan fingerprint density at radius 1 is 1.18 bits per heavy atom. The first-order chi connectivity index (χ1) is 15.8. The van der Waals surface area contributed by atoms with Crippen molar-refractivity contribution in [3.8, 4) is 5.75 Å². The van der Waals surface area contributed by atoms with Crippen molar-refractivity contribution in [2.24, 2.45) is 0 Å². The summed E-state index contributed by atoms with van der Waals surface area (Å²) in [5.41, 5.74) is -1.41. The molecule has 0 spiro atoms. The lowest BCUT2D eigenvalue weighted by Crippen LogP contribution is -2.58. The number of rotatable bonds is 4. The molecule has 7 nitrogen and oxygen atoms in total. The number of piperazine rings is 1. The number of pyridine rings is 1. The summed E-state index contributed by atoms with van der Waals surface area (Å²) in [5, 5.41) is 5.01. The van der Waals surface area contributed by atoms with E-state index in [4.69, 9.17) is 0 Å². The molecule has 1 aliphatic rings. The van der Waals surface area contributed by atoms with Crippen LogP contribution in [0.3, 0.4) is 0 Å². The number of carbonyl (C=O) groups excluding carboxylic acids is 2. The van der Waals surface area contributed by atoms with E-state index in [0.717, 1.165) is 23.2 Å². The highest BCUT2D eigenvalue weighted by Crippen LogP contribution is 2.32. The van der Waals surface area contributed by atoms with Crippen LogP contribution in [0.1, 0.15) is 29.8 Å². The predicted octanol–water partition coefficient (Wildman–Crippen LogP) is 3.76. The van der Waals surface area contributed by atoms with Crippen molar-refractivity contribution in [1.82, 2.24) is 20.5 Å². The molecule has 1 fully saturated rings. The van der Waals surface area contributed by atoms with Gasteiger partial charge in [0.15, 0.2) is 11.6 Å². The maximum Gasteiger partial charge on any atom is 0.573 e. The van der Waals surface area contributed by atoms with E-state index in [1.165, 1.54) is 6.92 Å². The summed E-state index contributed by atoms with van der Waals surface area (Å²) in [4.78, 5) is 29.2. The van der Waals surface area contributed by atoms with Crippen molar-refractivity contribution in [2.75, 3.05) is 13.1 Å². The summed E-state index contributed by atoms with van der Waals surface area (Å²) >= 11 is 0. The Labute approximate surface area is 187 Å². The Morgan fingerprint density at radius 2 is 1.85 bits per heavy atom. The topological polar surface area (TPSA) is 83.6 Å². The van der Waals surface area contributed by atoms with Gasteiger partial charge in [0, 0.05) is 19.3 Å². The molecule has 1 saturated heterocycles. The van der Waals surface area contributed by atoms with E-state index in [-0.39, 0.29) is 24.2 Å². The fraction of sp³-hybridized carbons (Fsp3) is 0.350. The zero-order valence-electron chi connectivity index (χ0n) is 17.3. The number of alkyl halides is 6. The van der Waals surface area contributed by atoms with E-state index in [1.54, 1.807) is 0 Å². The molecule has 2 atom stereocenters. The number of ether oxygens (including phenoxy) is 1. The second-order valence-corrected chi connectivity index (χ2v) is 7.26. The van der Waals surface area contributed by atoms with E-state index in [0.29, 0.717) is 18.2 Å². The lowest BCUT2D eigenvalue weighted by Gasteiger charge is -2.34. The number of aromatic nitrogens is 1. The quantitative estimate of drug-likeness (QED) is 0.635. The number of nitrogens with one attached hydrogen (secondary N) is 2. The Bertz CT molecular complexity index is 1060. The highest BCUT2D eigenvalue weighted by atomic mass is 19.4. The van der Waals surface area contributed by atoms with E-state index >= 15 is 0 Å². The summed E-state index contributed by atoms with van der Waals surface area (Å²) in [7, 11) is 0. The number of hydrogen-bond donors (Lipinski definition) is 2. The summed E-state index contributed by atoms with van der Waals surface area (Å²) in [6.07, 6.45) is -9.18. The second kappa shape index (κ2) is 9.35. The van der Waals surface area contributed by atoms with Crippen LogP contribution in [0.25, 0.3) is 0 Å². The van der Waals surface area contributed by atoms with Crippen molar-refractivity contribution >= 4 is 11.9 Å². The Balaban J connectivity index is 1.99. The van der Waals surface area contributed by atoms with Gasteiger partial charge >= 0.3 is 18.6 Å². The largest absolute Gasteiger partial charge is 0.573 e. The minimum atomic E-state index is -5.22. The van der Waals surface area contributed by atoms with Gasteiger partial charge in [0.05, 0.1) is 6.04 Å². The molecular formula is C20H17F7N4O3. The Hall–Kier alpha value is -3.58. The molecule has 1 aromatic heterocycles. The summed E-state index contributed by atoms with van der Waals surface area (Å²) < 4.78 is 94.2. The molecule has 2 N–H and O–H groups in total. The SMILES string of the molecule is C[C@@H]1C(=O)NCCN1C(=O)N[C@@H](c1ccc(C(F)(F)F)nc1)c1ccc(F)c(OC(F)(F)F)c1. The van der Waals surface area contributed by atoms with Crippen LogP contribution < -0.4 is 15.4 Å². The lowest BCUT2D eigenvalue weighted by molar-refractivity contribution is -0.275. The highest BCUT2D eigenvalue weighted by Gasteiger charge is 2.35. The van der Waals surface area contributed by atoms with Crippen molar-refractivity contribution in [3.05, 3.63) is 59.2 Å². The lowest BCUT2D eigenvalue weighted by atomic mass is 9.99. The molecule has 14 heteroatoms. The molecule has 2 aromatic rings. The van der Waals surface area contributed by atoms with Gasteiger partial charge < -0.3 is 20.3 Å². The van der Waals surface area contributed by atoms with E-state index in [2.05, 4.69) is 20.4 Å². The molecule has 0 saturated carbocycles. The normalized spacial score (nSPS) is 17.7. The molecule has 184 valence electrons. The fourth-order valence-electron chi connectivity index (χ4n) is 3.27. The minimum absolute atomic E-state index is 0.0416. The van der Waals surface area contributed by atoms with Crippen LogP contribution >= 0.6 is 0 Å². The minimum Gasteiger partial charge on any atom is -0.403 e. The molecule has 2 heterocycles. The van der Waals surface area contributed by atoms with Gasteiger partial charge in [-0.1, -0.05) is 12.1 Å². The number of amides is 3. The van der Waals surface area contributed by atoms with Crippen LogP contribution in [-0.2, 0) is 11.0 Å². The van der Waals surface area contributed by atoms with E-state index in [9.17, 15) is 40.3 Å². The van der Waals surface area contributed by atoms with Crippen LogP contribution in [0, 0.1) is 5.82 Å². The van der Waals surface area contributed by atoms with Crippen molar-refractivity contribution in [1.29, 1.82) is 0 Å². The number of halogens is 7. The Morgan fingerprint density at radius 3 is 2.44 bits per heavy atom. The van der Waals surface area contributed by atoms with Gasteiger partial charge in [0.2, 0.25) is 5.91 Å². The number of urea groups is 1. The molecule has 3 rings (SSSR count). The molecule has 0 unspecified atom stereocenters. The molecule has 3 amide bonds. The van der Waals surface area contributed by atoms with Crippen LogP contribution in [0.2, 0.25) is 0 Å². The second-order valence-electron chi connectivity index (χ2n) is 7.26. The average molecular weight is 494 g/mol. The summed E-state index contributed by atoms with van der Waals surface area (Å²) in [5.74, 6) is -3.00. The third-order valence-corrected chi connectivity index (χ3v) is 4.95. The van der Waals surface area contributed by atoms with Crippen LogP contribution in [0.5, 0.6) is 5.75 Å². The predicted molar refractivity (Wildman–Crippen MR) is 102 cm³/mol. The first kappa shape index (κ1) is 25.1. The van der Waals surface area contributed by atoms with Crippen LogP contribution in [0.15, 0.2) is 36.5 Å². The van der Waals surface area contributed by atoms with Gasteiger partial charge in [0.25, 0.3) is 0 Å². The summed E-state index contributed by atoms with van der Waals surface area (Å²) in [6.45, 7) is 1.68. The maximum absolute atomic E-state index is 13.9. The number of nitrogens with zero attached hydrogens (tertiary/aromatic N) is 2. The summed E-state index contributed by atoms with van der Waals surface area (Å²) in [6, 6.07) is 0.890. The standard InChI is InChI=1S/C20H17F7N4O3/c1-10-17(32)28-6-7-31(10)18(33)30-16(12-3-5-15(29-9-12)19(22,23)24)11-2-4-13(21)14(8-11)34-20(25,26)27/h2-5,8-10,16H,6-7H2,1H3,(H,28,32)(H,30,33)/t10-,16-/m1/s1. The van der Waals surface area contributed by atoms with Crippen molar-refractivity contribution in [2.45, 2.75) is 31.5 Å². The van der Waals surface area contributed by atoms with Gasteiger partial charge in [-0.2, -0.15) is 13.2 Å². The van der Waals surface area contributed by atoms with E-state index < -0.39 is 53.8 Å². The van der Waals surface area contributed by atoms with Gasteiger partial charge in [-0.15, -0.1) is 13.2 Å². The van der Waals surface area contributed by atoms with Crippen molar-refractivity contribution in [3.63, 3.8) is 0 Å². The first-order valence-electron chi connectivity index (χ1n) is 9.69. The molecule has 0 radical (unpaired) electrons. The van der Waals surface area contributed by atoms with Crippen molar-refractivity contribution < 1.29 is 45.1 Å². The highest BCUT2D eigenvalue weighted by molar-refractivity contribution is 5.88. The molecule has 0 aliphatic carbocycles. The monoisotopic (exact) mass is 494 g/mol. The third-order valence-electron chi connectivity index (χ3n) is 4.95. The van der Waals surface area contributed by atoms with Crippen LogP contribution in [0.4, 0.5) is 35.5 Å². The van der Waals surface area contributed by atoms with Gasteiger partial charge in [-0.25, -0.2) is 9.18 Å². The molecular weight excluding hydrogens is 477 g/mol. The van der Waals surface area contributed by atoms with Gasteiger partial charge in [-0.3, -0.25) is 9.78 Å². The van der Waals surface area contributed by atoms with E-state index in [1.807, 2.05) is 0 Å². The zero-order chi connectivity index (χ0) is 25.3. The smallest absolute Gasteiger partial charge is 0.403 e. The molecule has 1 aliphatic heterocycles. The third kappa shape index (κ3) is 5.85.